The van der Waals surface area contributed by atoms with Crippen LogP contribution in [0.5, 0.6) is 0 Å². The quantitative estimate of drug-likeness (QED) is 0.773. The van der Waals surface area contributed by atoms with Crippen molar-refractivity contribution < 1.29 is 9.59 Å². The molecule has 1 N–H and O–H groups in total. The number of unbranched alkanes of at least 4 members (excludes halogenated alkanes) is 2. The largest absolute Gasteiger partial charge is 0.334 e. The van der Waals surface area contributed by atoms with Gasteiger partial charge in [0, 0.05) is 23.6 Å². The van der Waals surface area contributed by atoms with E-state index < -0.39 is 0 Å². The van der Waals surface area contributed by atoms with Crippen molar-refractivity contribution in [3.05, 3.63) is 28.7 Å². The van der Waals surface area contributed by atoms with Crippen LogP contribution in [0.25, 0.3) is 0 Å². The third kappa shape index (κ3) is 6.19. The van der Waals surface area contributed by atoms with Crippen molar-refractivity contribution in [1.82, 2.24) is 4.90 Å². The molecule has 0 aromatic heterocycles. The van der Waals surface area contributed by atoms with E-state index in [2.05, 4.69) is 28.2 Å². The van der Waals surface area contributed by atoms with Gasteiger partial charge < -0.3 is 10.2 Å². The second-order valence-electron chi connectivity index (χ2n) is 4.70. The summed E-state index contributed by atoms with van der Waals surface area (Å²) in [7, 11) is 0. The zero-order valence-electron chi connectivity index (χ0n) is 12.0. The van der Waals surface area contributed by atoms with E-state index in [4.69, 9.17) is 0 Å². The first-order valence-corrected chi connectivity index (χ1v) is 7.63. The van der Waals surface area contributed by atoms with Crippen LogP contribution in [0.3, 0.4) is 0 Å². The first kappa shape index (κ1) is 16.7. The molecule has 0 aliphatic heterocycles. The Morgan fingerprint density at radius 2 is 1.85 bits per heavy atom. The number of amides is 2. The highest BCUT2D eigenvalue weighted by Crippen LogP contribution is 2.14. The molecule has 1 rings (SSSR count). The molecule has 0 spiro atoms. The van der Waals surface area contributed by atoms with E-state index in [0.717, 1.165) is 29.4 Å². The third-order valence-electron chi connectivity index (χ3n) is 2.94. The summed E-state index contributed by atoms with van der Waals surface area (Å²) >= 11 is 3.34. The standard InChI is InChI=1S/C15H21BrN2O2/c1-3-4-5-10-18(12(2)19)11-15(20)17-14-8-6-13(16)7-9-14/h6-9H,3-5,10-11H2,1-2H3,(H,17,20). The molecule has 0 aliphatic carbocycles. The van der Waals surface area contributed by atoms with Gasteiger partial charge in [0.2, 0.25) is 11.8 Å². The number of rotatable bonds is 7. The molecule has 0 saturated heterocycles. The van der Waals surface area contributed by atoms with Crippen LogP contribution >= 0.6 is 15.9 Å². The number of hydrogen-bond acceptors (Lipinski definition) is 2. The van der Waals surface area contributed by atoms with Crippen LogP contribution in [0.1, 0.15) is 33.1 Å². The van der Waals surface area contributed by atoms with Crippen LogP contribution in [0, 0.1) is 0 Å². The first-order valence-electron chi connectivity index (χ1n) is 6.84. The minimum absolute atomic E-state index is 0.0629. The lowest BCUT2D eigenvalue weighted by Crippen LogP contribution is -2.37. The van der Waals surface area contributed by atoms with E-state index in [1.54, 1.807) is 4.90 Å². The predicted molar refractivity (Wildman–Crippen MR) is 84.6 cm³/mol. The predicted octanol–water partition coefficient (Wildman–Crippen LogP) is 3.43. The average molecular weight is 341 g/mol. The van der Waals surface area contributed by atoms with Crippen molar-refractivity contribution in [2.24, 2.45) is 0 Å². The fraction of sp³-hybridized carbons (Fsp3) is 0.467. The Labute approximate surface area is 128 Å². The van der Waals surface area contributed by atoms with Crippen LogP contribution < -0.4 is 5.32 Å². The monoisotopic (exact) mass is 340 g/mol. The van der Waals surface area contributed by atoms with E-state index in [1.165, 1.54) is 6.92 Å². The van der Waals surface area contributed by atoms with Crippen LogP contribution in [0.2, 0.25) is 0 Å². The summed E-state index contributed by atoms with van der Waals surface area (Å²) < 4.78 is 0.959. The molecule has 0 fully saturated rings. The summed E-state index contributed by atoms with van der Waals surface area (Å²) in [6, 6.07) is 7.35. The number of nitrogens with zero attached hydrogens (tertiary/aromatic N) is 1. The maximum absolute atomic E-state index is 11.9. The van der Waals surface area contributed by atoms with Crippen LogP contribution in [0.4, 0.5) is 5.69 Å². The fourth-order valence-electron chi connectivity index (χ4n) is 1.81. The molecule has 1 aromatic carbocycles. The maximum Gasteiger partial charge on any atom is 0.243 e. The van der Waals surface area contributed by atoms with Gasteiger partial charge in [0.05, 0.1) is 6.54 Å². The van der Waals surface area contributed by atoms with Gasteiger partial charge in [-0.15, -0.1) is 0 Å². The van der Waals surface area contributed by atoms with Gasteiger partial charge in [0.1, 0.15) is 0 Å². The van der Waals surface area contributed by atoms with E-state index in [9.17, 15) is 9.59 Å². The summed E-state index contributed by atoms with van der Waals surface area (Å²) in [6.45, 7) is 4.35. The molecule has 0 radical (unpaired) electrons. The van der Waals surface area contributed by atoms with Gasteiger partial charge in [-0.2, -0.15) is 0 Å². The van der Waals surface area contributed by atoms with E-state index in [-0.39, 0.29) is 18.4 Å². The van der Waals surface area contributed by atoms with Gasteiger partial charge in [0.25, 0.3) is 0 Å². The van der Waals surface area contributed by atoms with Gasteiger partial charge in [0.15, 0.2) is 0 Å². The Hall–Kier alpha value is -1.36. The molecule has 0 saturated carbocycles. The lowest BCUT2D eigenvalue weighted by Gasteiger charge is -2.20. The van der Waals surface area contributed by atoms with E-state index in [0.29, 0.717) is 6.54 Å². The number of carbonyl (C=O) groups is 2. The first-order chi connectivity index (χ1) is 9.52. The smallest absolute Gasteiger partial charge is 0.243 e. The minimum Gasteiger partial charge on any atom is -0.334 e. The maximum atomic E-state index is 11.9. The van der Waals surface area contributed by atoms with Crippen molar-refractivity contribution in [1.29, 1.82) is 0 Å². The molecule has 110 valence electrons. The molecule has 2 amide bonds. The molecular weight excluding hydrogens is 320 g/mol. The van der Waals surface area contributed by atoms with Crippen LogP contribution in [-0.4, -0.2) is 29.8 Å². The van der Waals surface area contributed by atoms with Gasteiger partial charge in [-0.1, -0.05) is 35.7 Å². The molecule has 5 heteroatoms. The number of carbonyl (C=O) groups excluding carboxylic acids is 2. The normalized spacial score (nSPS) is 10.2. The Kier molecular flexibility index (Phi) is 7.30. The number of anilines is 1. The summed E-state index contributed by atoms with van der Waals surface area (Å²) in [6.07, 6.45) is 3.09. The van der Waals surface area contributed by atoms with Crippen LogP contribution in [0.15, 0.2) is 28.7 Å². The Morgan fingerprint density at radius 3 is 2.40 bits per heavy atom. The molecule has 0 unspecified atom stereocenters. The molecule has 0 aliphatic rings. The van der Waals surface area contributed by atoms with Crippen molar-refractivity contribution in [2.75, 3.05) is 18.4 Å². The third-order valence-corrected chi connectivity index (χ3v) is 3.47. The van der Waals surface area contributed by atoms with E-state index in [1.807, 2.05) is 24.3 Å². The topological polar surface area (TPSA) is 49.4 Å². The minimum atomic E-state index is -0.168. The van der Waals surface area contributed by atoms with Gasteiger partial charge >= 0.3 is 0 Å². The van der Waals surface area contributed by atoms with Crippen LogP contribution in [-0.2, 0) is 9.59 Å². The summed E-state index contributed by atoms with van der Waals surface area (Å²) in [5.41, 5.74) is 0.732. The van der Waals surface area contributed by atoms with Crippen molar-refractivity contribution >= 4 is 33.4 Å². The molecule has 20 heavy (non-hydrogen) atoms. The molecule has 0 bridgehead atoms. The zero-order chi connectivity index (χ0) is 15.0. The summed E-state index contributed by atoms with van der Waals surface area (Å²) in [5.74, 6) is -0.230. The number of benzene rings is 1. The average Bonchev–Trinajstić information content (AvgIpc) is 2.40. The highest BCUT2D eigenvalue weighted by atomic mass is 79.9. The SMILES string of the molecule is CCCCCN(CC(=O)Nc1ccc(Br)cc1)C(C)=O. The zero-order valence-corrected chi connectivity index (χ0v) is 13.6. The Balaban J connectivity index is 2.48. The van der Waals surface area contributed by atoms with Gasteiger partial charge in [-0.05, 0) is 30.7 Å². The molecule has 0 atom stereocenters. The number of hydrogen-bond donors (Lipinski definition) is 1. The van der Waals surface area contributed by atoms with Gasteiger partial charge in [-0.25, -0.2) is 0 Å². The Morgan fingerprint density at radius 1 is 1.20 bits per heavy atom. The molecular formula is C15H21BrN2O2. The molecule has 4 nitrogen and oxygen atoms in total. The van der Waals surface area contributed by atoms with Crippen molar-refractivity contribution in [2.45, 2.75) is 33.1 Å². The lowest BCUT2D eigenvalue weighted by molar-refractivity contribution is -0.132. The second kappa shape index (κ2) is 8.74. The molecule has 1 aromatic rings. The van der Waals surface area contributed by atoms with E-state index >= 15 is 0 Å². The van der Waals surface area contributed by atoms with Crippen molar-refractivity contribution in [3.63, 3.8) is 0 Å². The highest BCUT2D eigenvalue weighted by molar-refractivity contribution is 9.10. The Bertz CT molecular complexity index is 446. The van der Waals surface area contributed by atoms with Crippen molar-refractivity contribution in [3.8, 4) is 0 Å². The lowest BCUT2D eigenvalue weighted by atomic mass is 10.2. The summed E-state index contributed by atoms with van der Waals surface area (Å²) in [4.78, 5) is 25.0. The second-order valence-corrected chi connectivity index (χ2v) is 5.62. The number of nitrogens with one attached hydrogen (secondary N) is 1. The number of halogens is 1. The van der Waals surface area contributed by atoms with Gasteiger partial charge in [-0.3, -0.25) is 9.59 Å². The molecule has 0 heterocycles. The summed E-state index contributed by atoms with van der Waals surface area (Å²) in [5, 5.41) is 2.79. The fourth-order valence-corrected chi connectivity index (χ4v) is 2.07. The highest BCUT2D eigenvalue weighted by Gasteiger charge is 2.13.